The Labute approximate surface area is 76.5 Å². The van der Waals surface area contributed by atoms with E-state index in [4.69, 9.17) is 0 Å². The van der Waals surface area contributed by atoms with Crippen LogP contribution in [0.1, 0.15) is 5.56 Å². The average Bonchev–Trinajstić information content (AvgIpc) is 2.58. The Morgan fingerprint density at radius 1 is 1.08 bits per heavy atom. The van der Waals surface area contributed by atoms with Crippen LogP contribution in [0.25, 0.3) is 11.1 Å². The van der Waals surface area contributed by atoms with Gasteiger partial charge >= 0.3 is 0 Å². The minimum absolute atomic E-state index is 1.19. The summed E-state index contributed by atoms with van der Waals surface area (Å²) in [6.07, 6.45) is 0. The molecule has 0 radical (unpaired) electrons. The van der Waals surface area contributed by atoms with Crippen molar-refractivity contribution in [3.63, 3.8) is 0 Å². The predicted molar refractivity (Wildman–Crippen MR) is 53.3 cm³/mol. The van der Waals surface area contributed by atoms with Crippen LogP contribution in [0.2, 0.25) is 0 Å². The second-order valence-electron chi connectivity index (χ2n) is 2.80. The van der Waals surface area contributed by atoms with E-state index in [0.29, 0.717) is 0 Å². The molecule has 1 heterocycles. The lowest BCUT2D eigenvalue weighted by atomic mass is 10.1. The predicted octanol–water partition coefficient (Wildman–Crippen LogP) is 3.52. The highest BCUT2D eigenvalue weighted by molar-refractivity contribution is 7.07. The van der Waals surface area contributed by atoms with Gasteiger partial charge in [-0.2, -0.15) is 6.07 Å². The van der Waals surface area contributed by atoms with E-state index in [2.05, 4.69) is 48.0 Å². The number of benzene rings is 1. The molecule has 0 aliphatic rings. The van der Waals surface area contributed by atoms with Crippen LogP contribution >= 0.6 is 11.3 Å². The van der Waals surface area contributed by atoms with Gasteiger partial charge in [-0.25, -0.2) is 0 Å². The van der Waals surface area contributed by atoms with Crippen molar-refractivity contribution in [2.75, 3.05) is 0 Å². The van der Waals surface area contributed by atoms with Crippen molar-refractivity contribution < 1.29 is 0 Å². The fraction of sp³-hybridized carbons (Fsp3) is 0.0909. The topological polar surface area (TPSA) is 0 Å². The normalized spacial score (nSPS) is 10.1. The summed E-state index contributed by atoms with van der Waals surface area (Å²) in [5.74, 6) is 0. The zero-order chi connectivity index (χ0) is 8.39. The molecule has 0 atom stereocenters. The molecule has 0 spiro atoms. The minimum Gasteiger partial charge on any atom is -0.264 e. The van der Waals surface area contributed by atoms with Gasteiger partial charge in [0.15, 0.2) is 0 Å². The maximum absolute atomic E-state index is 3.21. The summed E-state index contributed by atoms with van der Waals surface area (Å²) in [5.41, 5.74) is 3.75. The van der Waals surface area contributed by atoms with Crippen LogP contribution in [-0.4, -0.2) is 0 Å². The van der Waals surface area contributed by atoms with Gasteiger partial charge < -0.3 is 0 Å². The molecule has 0 aliphatic carbocycles. The Morgan fingerprint density at radius 2 is 1.83 bits per heavy atom. The zero-order valence-electron chi connectivity index (χ0n) is 6.87. The van der Waals surface area contributed by atoms with E-state index in [0.717, 1.165) is 0 Å². The molecular weight excluding hydrogens is 164 g/mol. The number of rotatable bonds is 1. The van der Waals surface area contributed by atoms with Crippen molar-refractivity contribution in [1.29, 1.82) is 0 Å². The Kier molecular flexibility index (Phi) is 1.96. The van der Waals surface area contributed by atoms with Gasteiger partial charge in [-0.05, 0) is 6.92 Å². The third-order valence-corrected chi connectivity index (χ3v) is 2.44. The van der Waals surface area contributed by atoms with Crippen molar-refractivity contribution >= 4 is 11.3 Å². The lowest BCUT2D eigenvalue weighted by Crippen LogP contribution is -1.74. The highest BCUT2D eigenvalue weighted by Crippen LogP contribution is 2.21. The lowest BCUT2D eigenvalue weighted by Gasteiger charge is -2.03. The fourth-order valence-electron chi connectivity index (χ4n) is 1.12. The van der Waals surface area contributed by atoms with Crippen molar-refractivity contribution in [1.82, 2.24) is 0 Å². The summed E-state index contributed by atoms with van der Waals surface area (Å²) >= 11 is 1.61. The Balaban J connectivity index is 2.43. The summed E-state index contributed by atoms with van der Waals surface area (Å²) in [7, 11) is 0. The van der Waals surface area contributed by atoms with Crippen LogP contribution in [0.15, 0.2) is 35.7 Å². The van der Waals surface area contributed by atoms with Gasteiger partial charge in [-0.1, -0.05) is 40.8 Å². The van der Waals surface area contributed by atoms with E-state index in [1.54, 1.807) is 11.3 Å². The summed E-state index contributed by atoms with van der Waals surface area (Å²) in [4.78, 5) is 0. The third kappa shape index (κ3) is 1.41. The van der Waals surface area contributed by atoms with Gasteiger partial charge in [0.25, 0.3) is 0 Å². The van der Waals surface area contributed by atoms with E-state index >= 15 is 0 Å². The van der Waals surface area contributed by atoms with Crippen molar-refractivity contribution in [3.05, 3.63) is 46.7 Å². The van der Waals surface area contributed by atoms with Gasteiger partial charge in [-0.3, -0.25) is 11.3 Å². The largest absolute Gasteiger partial charge is 0.264 e. The van der Waals surface area contributed by atoms with E-state index < -0.39 is 0 Å². The van der Waals surface area contributed by atoms with Gasteiger partial charge in [0, 0.05) is 0 Å². The molecule has 0 saturated heterocycles. The van der Waals surface area contributed by atoms with Gasteiger partial charge in [-0.15, -0.1) is 10.9 Å². The molecule has 0 aliphatic heterocycles. The second-order valence-corrected chi connectivity index (χ2v) is 3.51. The smallest absolute Gasteiger partial charge is 0.0398 e. The second kappa shape index (κ2) is 3.11. The fourth-order valence-corrected chi connectivity index (χ4v) is 1.71. The van der Waals surface area contributed by atoms with Crippen molar-refractivity contribution in [2.45, 2.75) is 6.92 Å². The van der Waals surface area contributed by atoms with Crippen LogP contribution in [0, 0.1) is 12.3 Å². The summed E-state index contributed by atoms with van der Waals surface area (Å²) in [6.45, 7) is 2.10. The third-order valence-electron chi connectivity index (χ3n) is 1.83. The summed E-state index contributed by atoms with van der Waals surface area (Å²) in [5, 5.41) is 5.27. The number of aryl methyl sites for hydroxylation is 1. The molecule has 0 amide bonds. The van der Waals surface area contributed by atoms with Crippen LogP contribution in [0.5, 0.6) is 0 Å². The summed E-state index contributed by atoms with van der Waals surface area (Å²) < 4.78 is 0. The first-order chi connectivity index (χ1) is 5.86. The lowest BCUT2D eigenvalue weighted by molar-refractivity contribution is 1.47. The first-order valence-electron chi connectivity index (χ1n) is 3.88. The van der Waals surface area contributed by atoms with Crippen LogP contribution in [0.3, 0.4) is 0 Å². The Hall–Kier alpha value is -1.08. The van der Waals surface area contributed by atoms with E-state index in [1.165, 1.54) is 16.7 Å². The number of hydrogen-bond donors (Lipinski definition) is 0. The Bertz CT molecular complexity index is 343. The first kappa shape index (κ1) is 7.56. The highest BCUT2D eigenvalue weighted by atomic mass is 32.1. The zero-order valence-corrected chi connectivity index (χ0v) is 7.69. The molecule has 0 bridgehead atoms. The molecular formula is C11H9S-. The van der Waals surface area contributed by atoms with Gasteiger partial charge in [0.2, 0.25) is 0 Å². The SMILES string of the molecule is Cc1ccc(-c2[c-]scc2)cc1. The van der Waals surface area contributed by atoms with Crippen molar-refractivity contribution in [3.8, 4) is 11.1 Å². The number of thiophene rings is 1. The standard InChI is InChI=1S/C11H9S/c1-9-2-4-10(5-3-9)11-6-7-12-8-11/h2-7H,1H3/q-1. The average molecular weight is 173 g/mol. The monoisotopic (exact) mass is 173 g/mol. The van der Waals surface area contributed by atoms with E-state index in [-0.39, 0.29) is 0 Å². The summed E-state index contributed by atoms with van der Waals surface area (Å²) in [6, 6.07) is 10.6. The molecule has 60 valence electrons. The van der Waals surface area contributed by atoms with E-state index in [9.17, 15) is 0 Å². The van der Waals surface area contributed by atoms with Gasteiger partial charge in [0.1, 0.15) is 0 Å². The molecule has 1 heteroatoms. The van der Waals surface area contributed by atoms with E-state index in [1.807, 2.05) is 0 Å². The molecule has 2 aromatic rings. The van der Waals surface area contributed by atoms with Crippen LogP contribution < -0.4 is 0 Å². The van der Waals surface area contributed by atoms with Gasteiger partial charge in [0.05, 0.1) is 0 Å². The number of hydrogen-bond acceptors (Lipinski definition) is 1. The molecule has 1 aromatic carbocycles. The van der Waals surface area contributed by atoms with Crippen molar-refractivity contribution in [2.24, 2.45) is 0 Å². The molecule has 0 N–H and O–H groups in total. The van der Waals surface area contributed by atoms with Crippen LogP contribution in [0.4, 0.5) is 0 Å². The highest BCUT2D eigenvalue weighted by Gasteiger charge is 1.87. The molecule has 0 nitrogen and oxygen atoms in total. The first-order valence-corrected chi connectivity index (χ1v) is 4.76. The minimum atomic E-state index is 1.19. The maximum Gasteiger partial charge on any atom is -0.0398 e. The molecule has 0 saturated carbocycles. The molecule has 0 fully saturated rings. The quantitative estimate of drug-likeness (QED) is 0.579. The molecule has 2 rings (SSSR count). The molecule has 1 aromatic heterocycles. The maximum atomic E-state index is 3.21. The molecule has 12 heavy (non-hydrogen) atoms. The van der Waals surface area contributed by atoms with Crippen LogP contribution in [-0.2, 0) is 0 Å². The molecule has 0 unspecified atom stereocenters. The Morgan fingerprint density at radius 3 is 2.42 bits per heavy atom.